The van der Waals surface area contributed by atoms with Gasteiger partial charge in [0.05, 0.1) is 6.54 Å². The normalized spacial score (nSPS) is 16.1. The van der Waals surface area contributed by atoms with E-state index in [9.17, 15) is 9.59 Å². The Balaban J connectivity index is 1.50. The van der Waals surface area contributed by atoms with Crippen LogP contribution in [0.15, 0.2) is 30.3 Å². The summed E-state index contributed by atoms with van der Waals surface area (Å²) in [6.45, 7) is 11.1. The van der Waals surface area contributed by atoms with Crippen molar-refractivity contribution in [2.75, 3.05) is 38.0 Å². The molecule has 1 atom stereocenters. The summed E-state index contributed by atoms with van der Waals surface area (Å²) in [5, 5.41) is 15.7. The largest absolute Gasteiger partial charge is 0.353 e. The molecule has 1 unspecified atom stereocenters. The Hall–Kier alpha value is -2.52. The molecule has 3 amide bonds. The van der Waals surface area contributed by atoms with Crippen molar-refractivity contribution in [1.29, 1.82) is 0 Å². The molecule has 0 bridgehead atoms. The van der Waals surface area contributed by atoms with Crippen LogP contribution in [0, 0.1) is 0 Å². The molecule has 1 aromatic carbocycles. The molecule has 2 aromatic rings. The van der Waals surface area contributed by atoms with Crippen molar-refractivity contribution in [3.8, 4) is 0 Å². The van der Waals surface area contributed by atoms with Gasteiger partial charge in [0.2, 0.25) is 11.0 Å². The number of carbonyl (C=O) groups is 2. The maximum absolute atomic E-state index is 12.7. The maximum Gasteiger partial charge on any atom is 0.323 e. The second-order valence-electron chi connectivity index (χ2n) is 8.47. The Morgan fingerprint density at radius 2 is 1.81 bits per heavy atom. The van der Waals surface area contributed by atoms with Crippen LogP contribution in [0.25, 0.3) is 0 Å². The highest BCUT2D eigenvalue weighted by molar-refractivity contribution is 7.15. The number of benzene rings is 1. The quantitative estimate of drug-likeness (QED) is 0.685. The average Bonchev–Trinajstić information content (AvgIpc) is 3.24. The second-order valence-corrected chi connectivity index (χ2v) is 9.45. The van der Waals surface area contributed by atoms with Gasteiger partial charge in [-0.25, -0.2) is 4.79 Å². The van der Waals surface area contributed by atoms with Gasteiger partial charge in [0.25, 0.3) is 0 Å². The first-order valence-corrected chi connectivity index (χ1v) is 11.6. The molecule has 2 N–H and O–H groups in total. The van der Waals surface area contributed by atoms with Crippen LogP contribution in [0.2, 0.25) is 0 Å². The van der Waals surface area contributed by atoms with Crippen LogP contribution in [0.1, 0.15) is 44.7 Å². The number of aromatic nitrogens is 2. The van der Waals surface area contributed by atoms with Crippen molar-refractivity contribution in [3.63, 3.8) is 0 Å². The van der Waals surface area contributed by atoms with Crippen LogP contribution >= 0.6 is 11.3 Å². The van der Waals surface area contributed by atoms with Crippen molar-refractivity contribution in [3.05, 3.63) is 40.9 Å². The summed E-state index contributed by atoms with van der Waals surface area (Å²) in [7, 11) is 0. The Bertz CT molecular complexity index is 877. The van der Waals surface area contributed by atoms with E-state index in [0.29, 0.717) is 37.9 Å². The third-order valence-corrected chi connectivity index (χ3v) is 6.88. The number of urea groups is 1. The third-order valence-electron chi connectivity index (χ3n) is 5.72. The Labute approximate surface area is 188 Å². The van der Waals surface area contributed by atoms with Crippen LogP contribution in [-0.4, -0.2) is 70.7 Å². The van der Waals surface area contributed by atoms with Crippen LogP contribution in [0.4, 0.5) is 9.93 Å². The minimum absolute atomic E-state index is 0.0367. The summed E-state index contributed by atoms with van der Waals surface area (Å²) in [6, 6.07) is 10.2. The number of nitrogens with one attached hydrogen (secondary N) is 2. The second kappa shape index (κ2) is 10.2. The van der Waals surface area contributed by atoms with E-state index in [1.165, 1.54) is 11.3 Å². The molecular formula is C22H32N6O2S. The lowest BCUT2D eigenvalue weighted by Crippen LogP contribution is -2.52. The molecule has 31 heavy (non-hydrogen) atoms. The summed E-state index contributed by atoms with van der Waals surface area (Å²) in [4.78, 5) is 28.6. The van der Waals surface area contributed by atoms with E-state index >= 15 is 0 Å². The summed E-state index contributed by atoms with van der Waals surface area (Å²) in [5.74, 6) is 0.0367. The number of anilines is 1. The lowest BCUT2D eigenvalue weighted by atomic mass is 9.85. The van der Waals surface area contributed by atoms with Gasteiger partial charge in [0.15, 0.2) is 0 Å². The van der Waals surface area contributed by atoms with Crippen molar-refractivity contribution in [2.24, 2.45) is 0 Å². The highest BCUT2D eigenvalue weighted by Gasteiger charge is 2.28. The zero-order valence-corrected chi connectivity index (χ0v) is 19.5. The third kappa shape index (κ3) is 6.01. The molecule has 0 spiro atoms. The van der Waals surface area contributed by atoms with Crippen LogP contribution < -0.4 is 10.6 Å². The van der Waals surface area contributed by atoms with E-state index in [1.54, 1.807) is 4.90 Å². The molecule has 3 rings (SSSR count). The molecule has 0 aliphatic carbocycles. The zero-order valence-electron chi connectivity index (χ0n) is 18.7. The molecular weight excluding hydrogens is 412 g/mol. The first kappa shape index (κ1) is 23.1. The summed E-state index contributed by atoms with van der Waals surface area (Å²) in [6.07, 6.45) is 0.912. The van der Waals surface area contributed by atoms with Crippen molar-refractivity contribution < 1.29 is 9.59 Å². The maximum atomic E-state index is 12.7. The first-order chi connectivity index (χ1) is 14.8. The number of rotatable bonds is 7. The minimum atomic E-state index is -0.288. The molecule has 1 aliphatic rings. The Morgan fingerprint density at radius 1 is 1.13 bits per heavy atom. The topological polar surface area (TPSA) is 90.5 Å². The Morgan fingerprint density at radius 3 is 2.45 bits per heavy atom. The highest BCUT2D eigenvalue weighted by Crippen LogP contribution is 2.34. The summed E-state index contributed by atoms with van der Waals surface area (Å²) in [5.41, 5.74) is 0.862. The molecule has 1 fully saturated rings. The average molecular weight is 445 g/mol. The fourth-order valence-corrected chi connectivity index (χ4v) is 4.27. The molecule has 168 valence electrons. The van der Waals surface area contributed by atoms with E-state index in [-0.39, 0.29) is 23.4 Å². The lowest BCUT2D eigenvalue weighted by molar-refractivity contribution is -0.123. The lowest BCUT2D eigenvalue weighted by Gasteiger charge is -2.34. The Kier molecular flexibility index (Phi) is 7.61. The van der Waals surface area contributed by atoms with Gasteiger partial charge in [-0.15, -0.1) is 10.2 Å². The fourth-order valence-electron chi connectivity index (χ4n) is 3.41. The monoisotopic (exact) mass is 444 g/mol. The van der Waals surface area contributed by atoms with E-state index in [2.05, 4.69) is 51.7 Å². The van der Waals surface area contributed by atoms with Gasteiger partial charge in [-0.1, -0.05) is 48.6 Å². The van der Waals surface area contributed by atoms with Gasteiger partial charge in [-0.05, 0) is 32.8 Å². The smallest absolute Gasteiger partial charge is 0.323 e. The van der Waals surface area contributed by atoms with Gasteiger partial charge in [-0.2, -0.15) is 0 Å². The van der Waals surface area contributed by atoms with E-state index in [4.69, 9.17) is 0 Å². The van der Waals surface area contributed by atoms with Gasteiger partial charge in [0, 0.05) is 37.6 Å². The SMILES string of the molecule is CCC(C)NC(=O)CN1CCN(C(=O)Nc2nnc(C(C)(C)c3ccccc3)s2)CC1. The predicted molar refractivity (Wildman–Crippen MR) is 123 cm³/mol. The van der Waals surface area contributed by atoms with Gasteiger partial charge in [-0.3, -0.25) is 15.0 Å². The van der Waals surface area contributed by atoms with Crippen LogP contribution in [-0.2, 0) is 10.2 Å². The molecule has 0 saturated carbocycles. The molecule has 2 heterocycles. The highest BCUT2D eigenvalue weighted by atomic mass is 32.1. The van der Waals surface area contributed by atoms with Gasteiger partial charge >= 0.3 is 6.03 Å². The number of nitrogens with zero attached hydrogens (tertiary/aromatic N) is 4. The fraction of sp³-hybridized carbons (Fsp3) is 0.545. The van der Waals surface area contributed by atoms with Crippen molar-refractivity contribution in [1.82, 2.24) is 25.3 Å². The van der Waals surface area contributed by atoms with Crippen LogP contribution in [0.5, 0.6) is 0 Å². The molecule has 1 aromatic heterocycles. The summed E-state index contributed by atoms with van der Waals surface area (Å²) >= 11 is 1.40. The predicted octanol–water partition coefficient (Wildman–Crippen LogP) is 2.93. The van der Waals surface area contributed by atoms with E-state index in [0.717, 1.165) is 17.0 Å². The summed E-state index contributed by atoms with van der Waals surface area (Å²) < 4.78 is 0. The van der Waals surface area contributed by atoms with E-state index in [1.807, 2.05) is 32.0 Å². The number of hydrogen-bond acceptors (Lipinski definition) is 6. The number of hydrogen-bond donors (Lipinski definition) is 2. The standard InChI is InChI=1S/C22H32N6O2S/c1-5-16(2)23-18(29)15-27-11-13-28(14-12-27)21(30)24-20-26-25-19(31-20)22(3,4)17-9-7-6-8-10-17/h6-10,16H,5,11-15H2,1-4H3,(H,23,29)(H,24,26,30). The molecule has 1 aliphatic heterocycles. The number of piperazine rings is 1. The molecule has 8 nitrogen and oxygen atoms in total. The number of amides is 3. The van der Waals surface area contributed by atoms with Crippen LogP contribution in [0.3, 0.4) is 0 Å². The minimum Gasteiger partial charge on any atom is -0.353 e. The van der Waals surface area contributed by atoms with Crippen molar-refractivity contribution in [2.45, 2.75) is 45.6 Å². The van der Waals surface area contributed by atoms with E-state index < -0.39 is 0 Å². The molecule has 0 radical (unpaired) electrons. The number of carbonyl (C=O) groups excluding carboxylic acids is 2. The van der Waals surface area contributed by atoms with Gasteiger partial charge < -0.3 is 10.2 Å². The van der Waals surface area contributed by atoms with Gasteiger partial charge in [0.1, 0.15) is 5.01 Å². The molecule has 9 heteroatoms. The van der Waals surface area contributed by atoms with Crippen molar-refractivity contribution >= 4 is 28.4 Å². The molecule has 1 saturated heterocycles. The zero-order chi connectivity index (χ0) is 22.4. The first-order valence-electron chi connectivity index (χ1n) is 10.8.